The summed E-state index contributed by atoms with van der Waals surface area (Å²) in [5, 5.41) is 9.25. The Labute approximate surface area is 194 Å². The van der Waals surface area contributed by atoms with Gasteiger partial charge in [-0.15, -0.1) is 10.2 Å². The Morgan fingerprint density at radius 3 is 2.44 bits per heavy atom. The molecule has 1 atom stereocenters. The molecule has 1 aromatic heterocycles. The average molecular weight is 494 g/mol. The number of alkyl halides is 3. The van der Waals surface area contributed by atoms with Gasteiger partial charge in [-0.1, -0.05) is 12.1 Å². The third kappa shape index (κ3) is 5.45. The number of aryl methyl sites for hydroxylation is 1. The van der Waals surface area contributed by atoms with E-state index < -0.39 is 44.5 Å². The van der Waals surface area contributed by atoms with Crippen LogP contribution in [0.1, 0.15) is 27.2 Å². The van der Waals surface area contributed by atoms with Gasteiger partial charge in [0.15, 0.2) is 5.69 Å². The van der Waals surface area contributed by atoms with Crippen molar-refractivity contribution < 1.29 is 31.6 Å². The Hall–Kier alpha value is -3.67. The van der Waals surface area contributed by atoms with Crippen molar-refractivity contribution in [3.8, 4) is 17.4 Å². The van der Waals surface area contributed by atoms with Crippen molar-refractivity contribution in [2.75, 3.05) is 18.7 Å². The quantitative estimate of drug-likeness (QED) is 0.487. The SMILES string of the molecule is COc1ccc(C)c(Oc2nnc(C(F)(F)F)c(C)c2C(=O)Nc2cccc(S(C)(=N)=O)c2)c1. The van der Waals surface area contributed by atoms with Gasteiger partial charge >= 0.3 is 6.18 Å². The Balaban J connectivity index is 2.09. The van der Waals surface area contributed by atoms with Gasteiger partial charge in [0.05, 0.1) is 16.8 Å². The third-order valence-corrected chi connectivity index (χ3v) is 5.98. The molecule has 0 aliphatic heterocycles. The molecule has 1 heterocycles. The summed E-state index contributed by atoms with van der Waals surface area (Å²) in [4.78, 5) is 13.3. The van der Waals surface area contributed by atoms with E-state index in [1.165, 1.54) is 43.7 Å². The second kappa shape index (κ2) is 9.29. The number of carbonyl (C=O) groups excluding carboxylic acids is 1. The van der Waals surface area contributed by atoms with Gasteiger partial charge < -0.3 is 14.8 Å². The van der Waals surface area contributed by atoms with E-state index in [2.05, 4.69) is 15.5 Å². The summed E-state index contributed by atoms with van der Waals surface area (Å²) in [6.45, 7) is 2.80. The molecule has 0 aliphatic rings. The lowest BCUT2D eigenvalue weighted by Gasteiger charge is -2.17. The number of carbonyl (C=O) groups is 1. The van der Waals surface area contributed by atoms with Crippen LogP contribution in [0.25, 0.3) is 0 Å². The predicted octanol–water partition coefficient (Wildman–Crippen LogP) is 5.20. The molecule has 2 aromatic carbocycles. The molecule has 12 heteroatoms. The van der Waals surface area contributed by atoms with Gasteiger partial charge in [-0.25, -0.2) is 8.99 Å². The zero-order valence-corrected chi connectivity index (χ0v) is 19.4. The van der Waals surface area contributed by atoms with Crippen molar-refractivity contribution in [1.82, 2.24) is 10.2 Å². The molecular formula is C22H21F3N4O4S. The van der Waals surface area contributed by atoms with Crippen molar-refractivity contribution in [1.29, 1.82) is 4.78 Å². The number of nitrogens with one attached hydrogen (secondary N) is 2. The molecule has 1 unspecified atom stereocenters. The van der Waals surface area contributed by atoms with Crippen LogP contribution in [-0.2, 0) is 15.9 Å². The van der Waals surface area contributed by atoms with Crippen LogP contribution in [0.3, 0.4) is 0 Å². The first-order chi connectivity index (χ1) is 15.8. The topological polar surface area (TPSA) is 114 Å². The van der Waals surface area contributed by atoms with Crippen LogP contribution in [-0.4, -0.2) is 33.7 Å². The minimum Gasteiger partial charge on any atom is -0.497 e. The molecular weight excluding hydrogens is 473 g/mol. The van der Waals surface area contributed by atoms with Gasteiger partial charge in [-0.05, 0) is 49.2 Å². The van der Waals surface area contributed by atoms with Gasteiger partial charge in [-0.3, -0.25) is 4.79 Å². The highest BCUT2D eigenvalue weighted by Crippen LogP contribution is 2.36. The Morgan fingerprint density at radius 1 is 1.12 bits per heavy atom. The molecule has 0 aliphatic carbocycles. The predicted molar refractivity (Wildman–Crippen MR) is 119 cm³/mol. The van der Waals surface area contributed by atoms with Crippen LogP contribution in [0.5, 0.6) is 17.4 Å². The highest BCUT2D eigenvalue weighted by Gasteiger charge is 2.38. The number of anilines is 1. The molecule has 8 nitrogen and oxygen atoms in total. The van der Waals surface area contributed by atoms with Crippen LogP contribution in [0, 0.1) is 18.6 Å². The number of benzene rings is 2. The highest BCUT2D eigenvalue weighted by molar-refractivity contribution is 7.91. The first-order valence-electron chi connectivity index (χ1n) is 9.73. The molecule has 180 valence electrons. The molecule has 0 spiro atoms. The fourth-order valence-corrected chi connectivity index (χ4v) is 3.73. The maximum Gasteiger partial charge on any atom is 0.435 e. The average Bonchev–Trinajstić information content (AvgIpc) is 2.74. The minimum atomic E-state index is -4.85. The summed E-state index contributed by atoms with van der Waals surface area (Å²) < 4.78 is 71.0. The second-order valence-corrected chi connectivity index (χ2v) is 9.57. The van der Waals surface area contributed by atoms with E-state index in [4.69, 9.17) is 14.3 Å². The number of ether oxygens (including phenoxy) is 2. The van der Waals surface area contributed by atoms with Crippen LogP contribution in [0.4, 0.5) is 18.9 Å². The van der Waals surface area contributed by atoms with Gasteiger partial charge in [-0.2, -0.15) is 13.2 Å². The van der Waals surface area contributed by atoms with Crippen molar-refractivity contribution >= 4 is 21.3 Å². The van der Waals surface area contributed by atoms with Crippen molar-refractivity contribution in [2.24, 2.45) is 0 Å². The van der Waals surface area contributed by atoms with E-state index >= 15 is 0 Å². The summed E-state index contributed by atoms with van der Waals surface area (Å²) in [5.74, 6) is -0.740. The maximum absolute atomic E-state index is 13.5. The lowest BCUT2D eigenvalue weighted by molar-refractivity contribution is -0.142. The fraction of sp³-hybridized carbons (Fsp3) is 0.227. The van der Waals surface area contributed by atoms with Gasteiger partial charge in [0.25, 0.3) is 11.8 Å². The summed E-state index contributed by atoms with van der Waals surface area (Å²) in [7, 11) is -1.64. The molecule has 1 amide bonds. The lowest BCUT2D eigenvalue weighted by atomic mass is 10.1. The Bertz CT molecular complexity index is 1360. The van der Waals surface area contributed by atoms with E-state index in [9.17, 15) is 22.2 Å². The number of rotatable bonds is 6. The standard InChI is InChI=1S/C22H21F3N4O4S/c1-12-8-9-15(32-3)11-17(12)33-21-18(13(2)19(28-29-21)22(23,24)25)20(30)27-14-6-5-7-16(10-14)34(4,26)31/h5-11,26H,1-4H3,(H,27,30). The summed E-state index contributed by atoms with van der Waals surface area (Å²) in [6, 6.07) is 10.5. The van der Waals surface area contributed by atoms with Crippen LogP contribution < -0.4 is 14.8 Å². The van der Waals surface area contributed by atoms with Gasteiger partial charge in [0.1, 0.15) is 17.1 Å². The number of halogens is 3. The molecule has 3 aromatic rings. The smallest absolute Gasteiger partial charge is 0.435 e. The molecule has 0 radical (unpaired) electrons. The van der Waals surface area contributed by atoms with E-state index in [0.29, 0.717) is 11.3 Å². The lowest BCUT2D eigenvalue weighted by Crippen LogP contribution is -2.21. The molecule has 3 rings (SSSR count). The fourth-order valence-electron chi connectivity index (χ4n) is 3.04. The molecule has 34 heavy (non-hydrogen) atoms. The number of nitrogens with zero attached hydrogens (tertiary/aromatic N) is 2. The highest BCUT2D eigenvalue weighted by atomic mass is 32.2. The first kappa shape index (κ1) is 25.0. The number of hydrogen-bond acceptors (Lipinski definition) is 7. The Morgan fingerprint density at radius 2 is 1.82 bits per heavy atom. The summed E-state index contributed by atoms with van der Waals surface area (Å²) in [6.07, 6.45) is -3.64. The second-order valence-electron chi connectivity index (χ2n) is 7.41. The van der Waals surface area contributed by atoms with Crippen LogP contribution in [0.2, 0.25) is 0 Å². The molecule has 0 bridgehead atoms. The molecule has 2 N–H and O–H groups in total. The van der Waals surface area contributed by atoms with Crippen molar-refractivity contribution in [3.63, 3.8) is 0 Å². The number of methoxy groups -OCH3 is 1. The zero-order chi connectivity index (χ0) is 25.3. The van der Waals surface area contributed by atoms with E-state index in [-0.39, 0.29) is 16.3 Å². The zero-order valence-electron chi connectivity index (χ0n) is 18.6. The third-order valence-electron chi connectivity index (χ3n) is 4.82. The minimum absolute atomic E-state index is 0.137. The largest absolute Gasteiger partial charge is 0.497 e. The van der Waals surface area contributed by atoms with Crippen molar-refractivity contribution in [3.05, 3.63) is 64.8 Å². The number of aromatic nitrogens is 2. The van der Waals surface area contributed by atoms with Crippen LogP contribution in [0.15, 0.2) is 47.4 Å². The van der Waals surface area contributed by atoms with Crippen molar-refractivity contribution in [2.45, 2.75) is 24.9 Å². The number of amides is 1. The van der Waals surface area contributed by atoms with E-state index in [1.54, 1.807) is 19.1 Å². The maximum atomic E-state index is 13.5. The van der Waals surface area contributed by atoms with Gasteiger partial charge in [0.2, 0.25) is 0 Å². The van der Waals surface area contributed by atoms with E-state index in [1.807, 2.05) is 0 Å². The first-order valence-corrected chi connectivity index (χ1v) is 11.7. The molecule has 0 saturated carbocycles. The van der Waals surface area contributed by atoms with Crippen LogP contribution >= 0.6 is 0 Å². The van der Waals surface area contributed by atoms with E-state index in [0.717, 1.165) is 6.92 Å². The summed E-state index contributed by atoms with van der Waals surface area (Å²) >= 11 is 0. The molecule has 0 saturated heterocycles. The summed E-state index contributed by atoms with van der Waals surface area (Å²) in [5.41, 5.74) is -1.53. The normalized spacial score (nSPS) is 13.1. The van der Waals surface area contributed by atoms with Gasteiger partial charge in [0, 0.05) is 22.9 Å². The number of hydrogen-bond donors (Lipinski definition) is 2. The Kier molecular flexibility index (Phi) is 6.82. The molecule has 0 fully saturated rings. The monoisotopic (exact) mass is 494 g/mol.